The third-order valence-electron chi connectivity index (χ3n) is 6.32. The number of nitrogens with one attached hydrogen (secondary N) is 1. The maximum Gasteiger partial charge on any atom is 0.416 e. The SMILES string of the molecule is CC1CCN(C(=O)Cn2cc(S(=O)(=O)CC(=O)Nc3cccc(C(F)(F)F)c3)c3ccccc32)CC1. The zero-order valence-electron chi connectivity index (χ0n) is 19.6. The van der Waals surface area contributed by atoms with Crippen molar-refractivity contribution in [1.29, 1.82) is 0 Å². The van der Waals surface area contributed by atoms with Crippen molar-refractivity contribution in [2.24, 2.45) is 5.92 Å². The second-order valence-corrected chi connectivity index (χ2v) is 11.0. The van der Waals surface area contributed by atoms with E-state index in [1.54, 1.807) is 33.7 Å². The summed E-state index contributed by atoms with van der Waals surface area (Å²) in [6.45, 7) is 3.41. The van der Waals surface area contributed by atoms with Crippen LogP contribution in [0, 0.1) is 5.92 Å². The number of piperidine rings is 1. The van der Waals surface area contributed by atoms with Gasteiger partial charge >= 0.3 is 6.18 Å². The number of hydrogen-bond acceptors (Lipinski definition) is 4. The zero-order chi connectivity index (χ0) is 26.1. The Balaban J connectivity index is 1.54. The van der Waals surface area contributed by atoms with Gasteiger partial charge in [0.25, 0.3) is 0 Å². The Hall–Kier alpha value is -3.34. The molecule has 4 rings (SSSR count). The minimum Gasteiger partial charge on any atom is -0.341 e. The van der Waals surface area contributed by atoms with Gasteiger partial charge in [0.1, 0.15) is 12.3 Å². The molecule has 7 nitrogen and oxygen atoms in total. The average molecular weight is 522 g/mol. The number of carbonyl (C=O) groups is 2. The molecule has 1 aromatic heterocycles. The number of aromatic nitrogens is 1. The van der Waals surface area contributed by atoms with Crippen LogP contribution in [-0.4, -0.2) is 48.5 Å². The number of benzene rings is 2. The molecule has 1 saturated heterocycles. The Labute approximate surface area is 206 Å². The molecule has 2 amide bonds. The summed E-state index contributed by atoms with van der Waals surface area (Å²) in [5.41, 5.74) is -0.582. The van der Waals surface area contributed by atoms with Gasteiger partial charge < -0.3 is 14.8 Å². The molecule has 1 fully saturated rings. The molecule has 0 bridgehead atoms. The fourth-order valence-corrected chi connectivity index (χ4v) is 5.68. The highest BCUT2D eigenvalue weighted by atomic mass is 32.2. The molecule has 1 aliphatic rings. The molecule has 0 aliphatic carbocycles. The van der Waals surface area contributed by atoms with E-state index in [-0.39, 0.29) is 23.0 Å². The largest absolute Gasteiger partial charge is 0.416 e. The molecule has 0 saturated carbocycles. The van der Waals surface area contributed by atoms with Crippen LogP contribution in [0.3, 0.4) is 0 Å². The second-order valence-electron chi connectivity index (χ2n) is 9.09. The van der Waals surface area contributed by atoms with E-state index in [0.29, 0.717) is 29.9 Å². The van der Waals surface area contributed by atoms with Gasteiger partial charge in [-0.1, -0.05) is 31.2 Å². The number of hydrogen-bond donors (Lipinski definition) is 1. The topological polar surface area (TPSA) is 88.5 Å². The number of sulfone groups is 1. The standard InChI is InChI=1S/C25H26F3N3O4S/c1-17-9-11-30(12-10-17)24(33)15-31-14-22(20-7-2-3-8-21(20)31)36(34,35)16-23(32)29-19-6-4-5-18(13-19)25(26,27)28/h2-8,13-14,17H,9-12,15-16H2,1H3,(H,29,32). The summed E-state index contributed by atoms with van der Waals surface area (Å²) in [5.74, 6) is -1.49. The van der Waals surface area contributed by atoms with Crippen LogP contribution in [0.25, 0.3) is 10.9 Å². The molecule has 0 spiro atoms. The highest BCUT2D eigenvalue weighted by Gasteiger charge is 2.31. The number of fused-ring (bicyclic) bond motifs is 1. The van der Waals surface area contributed by atoms with Gasteiger partial charge in [-0.2, -0.15) is 13.2 Å². The second kappa shape index (κ2) is 9.96. The van der Waals surface area contributed by atoms with Gasteiger partial charge in [0.05, 0.1) is 10.5 Å². The van der Waals surface area contributed by atoms with Crippen LogP contribution in [0.15, 0.2) is 59.6 Å². The average Bonchev–Trinajstić information content (AvgIpc) is 3.18. The van der Waals surface area contributed by atoms with Gasteiger partial charge in [0, 0.05) is 35.9 Å². The number of anilines is 1. The fraction of sp³-hybridized carbons (Fsp3) is 0.360. The van der Waals surface area contributed by atoms with E-state index in [0.717, 1.165) is 31.0 Å². The minimum absolute atomic E-state index is 0.0408. The van der Waals surface area contributed by atoms with Crippen molar-refractivity contribution in [2.45, 2.75) is 37.4 Å². The number of halogens is 3. The van der Waals surface area contributed by atoms with E-state index in [1.807, 2.05) is 0 Å². The Morgan fingerprint density at radius 2 is 1.75 bits per heavy atom. The summed E-state index contributed by atoms with van der Waals surface area (Å²) < 4.78 is 66.7. The minimum atomic E-state index is -4.60. The zero-order valence-corrected chi connectivity index (χ0v) is 20.4. The monoisotopic (exact) mass is 521 g/mol. The maximum absolute atomic E-state index is 13.2. The predicted molar refractivity (Wildman–Crippen MR) is 129 cm³/mol. The smallest absolute Gasteiger partial charge is 0.341 e. The Morgan fingerprint density at radius 3 is 2.44 bits per heavy atom. The van der Waals surface area contributed by atoms with Crippen molar-refractivity contribution < 1.29 is 31.2 Å². The predicted octanol–water partition coefficient (Wildman–Crippen LogP) is 4.33. The summed E-state index contributed by atoms with van der Waals surface area (Å²) in [7, 11) is -4.17. The Kier molecular flexibility index (Phi) is 7.12. The van der Waals surface area contributed by atoms with Crippen LogP contribution >= 0.6 is 0 Å². The molecule has 0 atom stereocenters. The summed E-state index contributed by atoms with van der Waals surface area (Å²) in [6.07, 6.45) is -1.42. The molecular formula is C25H26F3N3O4S. The number of alkyl halides is 3. The summed E-state index contributed by atoms with van der Waals surface area (Å²) in [6, 6.07) is 10.6. The first kappa shape index (κ1) is 25.7. The van der Waals surface area contributed by atoms with Crippen LogP contribution in [0.5, 0.6) is 0 Å². The van der Waals surface area contributed by atoms with E-state index in [2.05, 4.69) is 12.2 Å². The van der Waals surface area contributed by atoms with Gasteiger partial charge in [0.2, 0.25) is 11.8 Å². The molecular weight excluding hydrogens is 495 g/mol. The maximum atomic E-state index is 13.2. The van der Waals surface area contributed by atoms with Gasteiger partial charge in [-0.3, -0.25) is 9.59 Å². The fourth-order valence-electron chi connectivity index (χ4n) is 4.32. The Bertz CT molecular complexity index is 1390. The van der Waals surface area contributed by atoms with Gasteiger partial charge in [-0.25, -0.2) is 8.42 Å². The lowest BCUT2D eigenvalue weighted by Crippen LogP contribution is -2.39. The van der Waals surface area contributed by atoms with Crippen LogP contribution < -0.4 is 5.32 Å². The van der Waals surface area contributed by atoms with Crippen LogP contribution in [0.2, 0.25) is 0 Å². The third kappa shape index (κ3) is 5.72. The Morgan fingerprint density at radius 1 is 1.06 bits per heavy atom. The molecule has 2 aromatic carbocycles. The summed E-state index contributed by atoms with van der Waals surface area (Å²) in [5, 5.41) is 2.59. The summed E-state index contributed by atoms with van der Waals surface area (Å²) in [4.78, 5) is 27.0. The normalized spacial score (nSPS) is 15.3. The van der Waals surface area contributed by atoms with Crippen LogP contribution in [0.1, 0.15) is 25.3 Å². The van der Waals surface area contributed by atoms with Crippen molar-refractivity contribution in [2.75, 3.05) is 24.2 Å². The molecule has 2 heterocycles. The van der Waals surface area contributed by atoms with Gasteiger partial charge in [-0.15, -0.1) is 0 Å². The quantitative estimate of drug-likeness (QED) is 0.523. The molecule has 0 unspecified atom stereocenters. The van der Waals surface area contributed by atoms with E-state index < -0.39 is 33.2 Å². The number of rotatable bonds is 6. The first-order chi connectivity index (χ1) is 16.9. The van der Waals surface area contributed by atoms with Crippen molar-refractivity contribution >= 4 is 38.2 Å². The number of nitrogens with zero attached hydrogens (tertiary/aromatic N) is 2. The van der Waals surface area contributed by atoms with E-state index >= 15 is 0 Å². The molecule has 1 N–H and O–H groups in total. The summed E-state index contributed by atoms with van der Waals surface area (Å²) >= 11 is 0. The lowest BCUT2D eigenvalue weighted by atomic mass is 9.99. The third-order valence-corrected chi connectivity index (χ3v) is 7.96. The number of amides is 2. The first-order valence-corrected chi connectivity index (χ1v) is 13.1. The highest BCUT2D eigenvalue weighted by molar-refractivity contribution is 7.92. The van der Waals surface area contributed by atoms with Crippen molar-refractivity contribution in [3.05, 3.63) is 60.3 Å². The lowest BCUT2D eigenvalue weighted by Gasteiger charge is -2.30. The van der Waals surface area contributed by atoms with Crippen molar-refractivity contribution in [1.82, 2.24) is 9.47 Å². The van der Waals surface area contributed by atoms with Gasteiger partial charge in [-0.05, 0) is 43.0 Å². The number of para-hydroxylation sites is 1. The highest BCUT2D eigenvalue weighted by Crippen LogP contribution is 2.31. The lowest BCUT2D eigenvalue weighted by molar-refractivity contribution is -0.137. The van der Waals surface area contributed by atoms with Crippen LogP contribution in [-0.2, 0) is 32.1 Å². The molecule has 192 valence electrons. The number of likely N-dealkylation sites (tertiary alicyclic amines) is 1. The van der Waals surface area contributed by atoms with Crippen molar-refractivity contribution in [3.63, 3.8) is 0 Å². The molecule has 1 aliphatic heterocycles. The molecule has 3 aromatic rings. The van der Waals surface area contributed by atoms with Crippen molar-refractivity contribution in [3.8, 4) is 0 Å². The first-order valence-electron chi connectivity index (χ1n) is 11.5. The van der Waals surface area contributed by atoms with E-state index in [1.165, 1.54) is 12.3 Å². The van der Waals surface area contributed by atoms with Gasteiger partial charge in [0.15, 0.2) is 9.84 Å². The molecule has 0 radical (unpaired) electrons. The van der Waals surface area contributed by atoms with Crippen LogP contribution in [0.4, 0.5) is 18.9 Å². The molecule has 11 heteroatoms. The molecule has 36 heavy (non-hydrogen) atoms. The van der Waals surface area contributed by atoms with E-state index in [9.17, 15) is 31.2 Å². The van der Waals surface area contributed by atoms with E-state index in [4.69, 9.17) is 0 Å². The number of carbonyl (C=O) groups excluding carboxylic acids is 2.